The first-order chi connectivity index (χ1) is 7.22. The second-order valence-electron chi connectivity index (χ2n) is 2.75. The smallest absolute Gasteiger partial charge is 0.224 e. The van der Waals surface area contributed by atoms with Crippen molar-refractivity contribution in [1.29, 1.82) is 5.26 Å². The Kier molecular flexibility index (Phi) is 3.69. The van der Waals surface area contributed by atoms with Gasteiger partial charge in [0, 0.05) is 6.20 Å². The molecular weight excluding hydrogens is 192 g/mol. The number of hydrogen-bond donors (Lipinski definition) is 0. The number of nitrogens with zero attached hydrogens (tertiary/aromatic N) is 2. The average molecular weight is 204 g/mol. The van der Waals surface area contributed by atoms with Crippen molar-refractivity contribution >= 4 is 5.76 Å². The van der Waals surface area contributed by atoms with Gasteiger partial charge >= 0.3 is 0 Å². The molecule has 0 radical (unpaired) electrons. The fraction of sp³-hybridized carbons (Fsp3) is 0.273. The third kappa shape index (κ3) is 2.47. The van der Waals surface area contributed by atoms with Crippen molar-refractivity contribution in [1.82, 2.24) is 4.98 Å². The molecule has 0 aromatic carbocycles. The van der Waals surface area contributed by atoms with Crippen molar-refractivity contribution in [2.45, 2.75) is 6.92 Å². The van der Waals surface area contributed by atoms with E-state index in [9.17, 15) is 0 Å². The molecule has 0 unspecified atom stereocenters. The molecule has 4 nitrogen and oxygen atoms in total. The van der Waals surface area contributed by atoms with Crippen LogP contribution in [-0.4, -0.2) is 18.7 Å². The maximum atomic E-state index is 8.74. The molecule has 78 valence electrons. The van der Waals surface area contributed by atoms with Gasteiger partial charge in [0.1, 0.15) is 11.8 Å². The topological polar surface area (TPSA) is 55.1 Å². The van der Waals surface area contributed by atoms with Crippen LogP contribution in [0.5, 0.6) is 5.88 Å². The van der Waals surface area contributed by atoms with Gasteiger partial charge < -0.3 is 9.47 Å². The Morgan fingerprint density at radius 2 is 2.40 bits per heavy atom. The van der Waals surface area contributed by atoms with Crippen molar-refractivity contribution in [3.8, 4) is 11.9 Å². The van der Waals surface area contributed by atoms with E-state index in [1.54, 1.807) is 6.07 Å². The van der Waals surface area contributed by atoms with Crippen LogP contribution in [0.25, 0.3) is 5.76 Å². The van der Waals surface area contributed by atoms with E-state index >= 15 is 0 Å². The molecule has 0 atom stereocenters. The zero-order chi connectivity index (χ0) is 11.3. The molecule has 0 saturated heterocycles. The Labute approximate surface area is 88.8 Å². The predicted molar refractivity (Wildman–Crippen MR) is 56.2 cm³/mol. The van der Waals surface area contributed by atoms with Gasteiger partial charge in [-0.1, -0.05) is 6.58 Å². The van der Waals surface area contributed by atoms with E-state index in [2.05, 4.69) is 11.6 Å². The Morgan fingerprint density at radius 3 is 2.93 bits per heavy atom. The largest absolute Gasteiger partial charge is 0.494 e. The molecule has 0 saturated carbocycles. The van der Waals surface area contributed by atoms with Crippen LogP contribution < -0.4 is 4.74 Å². The van der Waals surface area contributed by atoms with Crippen molar-refractivity contribution in [2.24, 2.45) is 0 Å². The summed E-state index contributed by atoms with van der Waals surface area (Å²) in [7, 11) is 1.51. The molecule has 1 aromatic rings. The first kappa shape index (κ1) is 11.1. The number of aromatic nitrogens is 1. The highest BCUT2D eigenvalue weighted by molar-refractivity contribution is 5.63. The Hall–Kier alpha value is -2.02. The van der Waals surface area contributed by atoms with Gasteiger partial charge in [-0.2, -0.15) is 5.26 Å². The van der Waals surface area contributed by atoms with Crippen LogP contribution in [0.15, 0.2) is 18.8 Å². The monoisotopic (exact) mass is 204 g/mol. The maximum absolute atomic E-state index is 8.74. The van der Waals surface area contributed by atoms with Crippen molar-refractivity contribution in [3.05, 3.63) is 30.0 Å². The van der Waals surface area contributed by atoms with Gasteiger partial charge in [-0.25, -0.2) is 4.98 Å². The number of methoxy groups -OCH3 is 1. The SMILES string of the molecule is C=C(OCC)c1cc(C#N)cnc1OC. The van der Waals surface area contributed by atoms with Gasteiger partial charge in [0.25, 0.3) is 0 Å². The Balaban J connectivity index is 3.12. The lowest BCUT2D eigenvalue weighted by Crippen LogP contribution is -1.98. The van der Waals surface area contributed by atoms with E-state index in [1.165, 1.54) is 13.3 Å². The fourth-order valence-electron chi connectivity index (χ4n) is 1.13. The van der Waals surface area contributed by atoms with E-state index < -0.39 is 0 Å². The average Bonchev–Trinajstić information content (AvgIpc) is 2.28. The quantitative estimate of drug-likeness (QED) is 0.703. The lowest BCUT2D eigenvalue weighted by Gasteiger charge is -2.10. The van der Waals surface area contributed by atoms with Crippen LogP contribution >= 0.6 is 0 Å². The van der Waals surface area contributed by atoms with Crippen molar-refractivity contribution < 1.29 is 9.47 Å². The summed E-state index contributed by atoms with van der Waals surface area (Å²) < 4.78 is 10.3. The number of hydrogen-bond acceptors (Lipinski definition) is 4. The maximum Gasteiger partial charge on any atom is 0.224 e. The predicted octanol–water partition coefficient (Wildman–Crippen LogP) is 1.97. The number of pyridine rings is 1. The molecular formula is C11H12N2O2. The third-order valence-corrected chi connectivity index (χ3v) is 1.79. The number of nitriles is 1. The van der Waals surface area contributed by atoms with E-state index in [0.29, 0.717) is 29.4 Å². The molecule has 0 aliphatic carbocycles. The summed E-state index contributed by atoms with van der Waals surface area (Å²) in [6.07, 6.45) is 1.45. The molecule has 0 N–H and O–H groups in total. The summed E-state index contributed by atoms with van der Waals surface area (Å²) in [6, 6.07) is 3.64. The molecule has 0 fully saturated rings. The van der Waals surface area contributed by atoms with Crippen LogP contribution in [0.2, 0.25) is 0 Å². The molecule has 1 aromatic heterocycles. The lowest BCUT2D eigenvalue weighted by molar-refractivity contribution is 0.295. The van der Waals surface area contributed by atoms with Crippen LogP contribution in [0, 0.1) is 11.3 Å². The van der Waals surface area contributed by atoms with Crippen molar-refractivity contribution in [2.75, 3.05) is 13.7 Å². The molecule has 0 aliphatic heterocycles. The highest BCUT2D eigenvalue weighted by Gasteiger charge is 2.10. The second-order valence-corrected chi connectivity index (χ2v) is 2.75. The minimum atomic E-state index is 0.410. The molecule has 15 heavy (non-hydrogen) atoms. The van der Waals surface area contributed by atoms with Gasteiger partial charge in [-0.05, 0) is 13.0 Å². The van der Waals surface area contributed by atoms with E-state index in [-0.39, 0.29) is 0 Å². The van der Waals surface area contributed by atoms with E-state index in [1.807, 2.05) is 13.0 Å². The highest BCUT2D eigenvalue weighted by atomic mass is 16.5. The van der Waals surface area contributed by atoms with Gasteiger partial charge in [0.15, 0.2) is 0 Å². The molecule has 0 aliphatic rings. The zero-order valence-corrected chi connectivity index (χ0v) is 8.78. The van der Waals surface area contributed by atoms with E-state index in [4.69, 9.17) is 14.7 Å². The van der Waals surface area contributed by atoms with E-state index in [0.717, 1.165) is 0 Å². The summed E-state index contributed by atoms with van der Waals surface area (Å²) in [4.78, 5) is 3.99. The zero-order valence-electron chi connectivity index (χ0n) is 8.78. The minimum Gasteiger partial charge on any atom is -0.494 e. The first-order valence-electron chi connectivity index (χ1n) is 4.49. The van der Waals surface area contributed by atoms with Crippen molar-refractivity contribution in [3.63, 3.8) is 0 Å². The molecule has 0 spiro atoms. The van der Waals surface area contributed by atoms with Crippen LogP contribution in [-0.2, 0) is 4.74 Å². The Bertz CT molecular complexity index is 408. The summed E-state index contributed by atoms with van der Waals surface area (Å²) >= 11 is 0. The molecule has 0 amide bonds. The summed E-state index contributed by atoms with van der Waals surface area (Å²) in [5, 5.41) is 8.74. The molecule has 1 rings (SSSR count). The number of ether oxygens (including phenoxy) is 2. The third-order valence-electron chi connectivity index (χ3n) is 1.79. The van der Waals surface area contributed by atoms with Crippen LogP contribution in [0.1, 0.15) is 18.1 Å². The second kappa shape index (κ2) is 5.01. The summed E-state index contributed by atoms with van der Waals surface area (Å²) in [6.45, 7) is 6.12. The lowest BCUT2D eigenvalue weighted by atomic mass is 10.2. The van der Waals surface area contributed by atoms with Gasteiger partial charge in [-0.3, -0.25) is 0 Å². The normalized spacial score (nSPS) is 9.13. The fourth-order valence-corrected chi connectivity index (χ4v) is 1.13. The summed E-state index contributed by atoms with van der Waals surface area (Å²) in [5.41, 5.74) is 1.06. The first-order valence-corrected chi connectivity index (χ1v) is 4.49. The number of rotatable bonds is 4. The standard InChI is InChI=1S/C11H12N2O2/c1-4-15-8(2)10-5-9(6-12)7-13-11(10)14-3/h5,7H,2,4H2,1,3H3. The molecule has 0 bridgehead atoms. The van der Waals surface area contributed by atoms with Crippen LogP contribution in [0.4, 0.5) is 0 Å². The van der Waals surface area contributed by atoms with Gasteiger partial charge in [0.2, 0.25) is 5.88 Å². The highest BCUT2D eigenvalue weighted by Crippen LogP contribution is 2.24. The molecule has 1 heterocycles. The minimum absolute atomic E-state index is 0.410. The molecule has 4 heteroatoms. The van der Waals surface area contributed by atoms with Gasteiger partial charge in [0.05, 0.1) is 24.8 Å². The Morgan fingerprint density at radius 1 is 1.67 bits per heavy atom. The summed E-state index contributed by atoms with van der Waals surface area (Å²) in [5.74, 6) is 0.867. The van der Waals surface area contributed by atoms with Gasteiger partial charge in [-0.15, -0.1) is 0 Å². The van der Waals surface area contributed by atoms with Crippen LogP contribution in [0.3, 0.4) is 0 Å².